The molecule has 0 aliphatic rings. The standard InChI is InChI=1S/C3F4N2/c4-3(5,6)2(1-8)9-7/b9-2-. The third-order valence-electron chi connectivity index (χ3n) is 0.459. The SMILES string of the molecule is N#C/C(=N/F)C(F)(F)F. The van der Waals surface area contributed by atoms with Gasteiger partial charge >= 0.3 is 6.18 Å². The van der Waals surface area contributed by atoms with Gasteiger partial charge in [0.2, 0.25) is 0 Å². The van der Waals surface area contributed by atoms with Crippen LogP contribution in [-0.4, -0.2) is 11.9 Å². The molecule has 0 radical (unpaired) electrons. The maximum Gasteiger partial charge on any atom is 0.446 e. The number of nitrogens with zero attached hydrogens (tertiary/aromatic N) is 2. The fourth-order valence-electron chi connectivity index (χ4n) is 0.130. The van der Waals surface area contributed by atoms with Crippen molar-refractivity contribution in [3.63, 3.8) is 0 Å². The average molecular weight is 140 g/mol. The Morgan fingerprint density at radius 2 is 1.89 bits per heavy atom. The smallest absolute Gasteiger partial charge is 0.191 e. The minimum atomic E-state index is -4.97. The second-order valence-corrected chi connectivity index (χ2v) is 1.04. The van der Waals surface area contributed by atoms with Gasteiger partial charge in [0.15, 0.2) is 0 Å². The number of halogens is 4. The average Bonchev–Trinajstić information content (AvgIpc) is 1.65. The molecule has 2 nitrogen and oxygen atoms in total. The van der Waals surface area contributed by atoms with Crippen LogP contribution >= 0.6 is 0 Å². The summed E-state index contributed by atoms with van der Waals surface area (Å²) < 4.78 is 44.2. The van der Waals surface area contributed by atoms with Gasteiger partial charge < -0.3 is 0 Å². The van der Waals surface area contributed by atoms with E-state index in [1.807, 2.05) is 0 Å². The van der Waals surface area contributed by atoms with Crippen molar-refractivity contribution in [2.45, 2.75) is 6.18 Å². The Bertz CT molecular complexity index is 162. The molecule has 0 atom stereocenters. The highest BCUT2D eigenvalue weighted by molar-refractivity contribution is 6.02. The third kappa shape index (κ3) is 2.08. The van der Waals surface area contributed by atoms with E-state index in [9.17, 15) is 17.7 Å². The van der Waals surface area contributed by atoms with Gasteiger partial charge in [-0.3, -0.25) is 0 Å². The fraction of sp³-hybridized carbons (Fsp3) is 0.333. The Morgan fingerprint density at radius 1 is 1.44 bits per heavy atom. The van der Waals surface area contributed by atoms with Crippen molar-refractivity contribution in [3.05, 3.63) is 0 Å². The van der Waals surface area contributed by atoms with Crippen LogP contribution in [0.25, 0.3) is 0 Å². The molecule has 0 unspecified atom stereocenters. The number of hydrogen-bond donors (Lipinski definition) is 0. The second-order valence-electron chi connectivity index (χ2n) is 1.04. The molecule has 0 bridgehead atoms. The Labute approximate surface area is 47.4 Å². The summed E-state index contributed by atoms with van der Waals surface area (Å²) in [6, 6.07) is 0.542. The van der Waals surface area contributed by atoms with E-state index in [1.54, 1.807) is 0 Å². The zero-order valence-electron chi connectivity index (χ0n) is 3.91. The molecule has 0 saturated carbocycles. The lowest BCUT2D eigenvalue weighted by molar-refractivity contribution is -0.0583. The van der Waals surface area contributed by atoms with Gasteiger partial charge in [-0.25, -0.2) is 0 Å². The van der Waals surface area contributed by atoms with Crippen LogP contribution in [0.1, 0.15) is 0 Å². The van der Waals surface area contributed by atoms with Crippen LogP contribution in [0.3, 0.4) is 0 Å². The highest BCUT2D eigenvalue weighted by Crippen LogP contribution is 2.16. The summed E-state index contributed by atoms with van der Waals surface area (Å²) in [6.45, 7) is 0. The quantitative estimate of drug-likeness (QED) is 0.370. The van der Waals surface area contributed by atoms with Gasteiger partial charge in [0, 0.05) is 0 Å². The van der Waals surface area contributed by atoms with Crippen LogP contribution in [0.4, 0.5) is 17.7 Å². The molecule has 0 spiro atoms. The van der Waals surface area contributed by atoms with E-state index >= 15 is 0 Å². The molecule has 9 heavy (non-hydrogen) atoms. The van der Waals surface area contributed by atoms with Crippen molar-refractivity contribution >= 4 is 5.71 Å². The van der Waals surface area contributed by atoms with Gasteiger partial charge in [-0.1, -0.05) is 9.70 Å². The van der Waals surface area contributed by atoms with Crippen LogP contribution < -0.4 is 0 Å². The van der Waals surface area contributed by atoms with Crippen LogP contribution in [0.5, 0.6) is 0 Å². The summed E-state index contributed by atoms with van der Waals surface area (Å²) in [5.41, 5.74) is -2.07. The maximum atomic E-state index is 11.1. The molecule has 0 aromatic carbocycles. The summed E-state index contributed by atoms with van der Waals surface area (Å²) in [5, 5.41) is 8.73. The molecular formula is C3F4N2. The summed E-state index contributed by atoms with van der Waals surface area (Å²) in [5.74, 6) is 0. The van der Waals surface area contributed by atoms with E-state index in [1.165, 1.54) is 5.21 Å². The van der Waals surface area contributed by atoms with Crippen molar-refractivity contribution in [2.75, 3.05) is 0 Å². The van der Waals surface area contributed by atoms with E-state index in [-0.39, 0.29) is 0 Å². The van der Waals surface area contributed by atoms with Crippen LogP contribution in [0.2, 0.25) is 0 Å². The van der Waals surface area contributed by atoms with Crippen molar-refractivity contribution in [1.29, 1.82) is 5.26 Å². The number of hydrogen-bond acceptors (Lipinski definition) is 2. The van der Waals surface area contributed by atoms with E-state index in [4.69, 9.17) is 5.26 Å². The Kier molecular flexibility index (Phi) is 2.13. The number of alkyl halides is 3. The Hall–Kier alpha value is -1.12. The molecule has 0 aliphatic heterocycles. The van der Waals surface area contributed by atoms with Gasteiger partial charge in [0.1, 0.15) is 6.07 Å². The highest BCUT2D eigenvalue weighted by atomic mass is 19.4. The van der Waals surface area contributed by atoms with Crippen LogP contribution in [0.15, 0.2) is 5.21 Å². The number of rotatable bonds is 0. The number of nitriles is 1. The zero-order chi connectivity index (χ0) is 7.49. The molecule has 0 fully saturated rings. The van der Waals surface area contributed by atoms with Crippen molar-refractivity contribution in [2.24, 2.45) is 5.21 Å². The molecule has 50 valence electrons. The third-order valence-corrected chi connectivity index (χ3v) is 0.459. The van der Waals surface area contributed by atoms with Crippen molar-refractivity contribution in [1.82, 2.24) is 0 Å². The summed E-state index contributed by atoms with van der Waals surface area (Å²) >= 11 is 0. The topological polar surface area (TPSA) is 36.1 Å². The molecule has 0 heterocycles. The lowest BCUT2D eigenvalue weighted by atomic mass is 10.4. The first-order valence-corrected chi connectivity index (χ1v) is 1.68. The van der Waals surface area contributed by atoms with E-state index in [0.29, 0.717) is 6.07 Å². The van der Waals surface area contributed by atoms with Crippen molar-refractivity contribution < 1.29 is 17.7 Å². The normalized spacial score (nSPS) is 13.0. The van der Waals surface area contributed by atoms with Gasteiger partial charge in [-0.05, 0) is 0 Å². The molecule has 0 rings (SSSR count). The van der Waals surface area contributed by atoms with Gasteiger partial charge in [0.05, 0.1) is 0 Å². The predicted molar refractivity (Wildman–Crippen MR) is 20.2 cm³/mol. The largest absolute Gasteiger partial charge is 0.446 e. The Balaban J connectivity index is 4.39. The molecule has 0 N–H and O–H groups in total. The maximum absolute atomic E-state index is 11.1. The zero-order valence-corrected chi connectivity index (χ0v) is 3.91. The van der Waals surface area contributed by atoms with Crippen LogP contribution in [0, 0.1) is 11.3 Å². The minimum absolute atomic E-state index is 0.542. The summed E-state index contributed by atoms with van der Waals surface area (Å²) in [4.78, 5) is 0. The van der Waals surface area contributed by atoms with E-state index < -0.39 is 11.9 Å². The molecule has 0 aromatic rings. The minimum Gasteiger partial charge on any atom is -0.191 e. The first-order valence-electron chi connectivity index (χ1n) is 1.68. The Morgan fingerprint density at radius 3 is 1.89 bits per heavy atom. The molecule has 0 aliphatic carbocycles. The summed E-state index contributed by atoms with van der Waals surface area (Å²) in [6.07, 6.45) is -4.97. The molecule has 0 aromatic heterocycles. The summed E-state index contributed by atoms with van der Waals surface area (Å²) in [7, 11) is 0. The fourth-order valence-corrected chi connectivity index (χ4v) is 0.130. The van der Waals surface area contributed by atoms with Crippen LogP contribution in [-0.2, 0) is 0 Å². The lowest BCUT2D eigenvalue weighted by Gasteiger charge is -1.97. The van der Waals surface area contributed by atoms with E-state index in [0.717, 1.165) is 0 Å². The first-order chi connectivity index (χ1) is 4.02. The monoisotopic (exact) mass is 140 g/mol. The first kappa shape index (κ1) is 7.88. The van der Waals surface area contributed by atoms with Gasteiger partial charge in [0.25, 0.3) is 5.71 Å². The highest BCUT2D eigenvalue weighted by Gasteiger charge is 2.36. The second kappa shape index (κ2) is 2.44. The molecule has 6 heteroatoms. The molecule has 0 amide bonds. The lowest BCUT2D eigenvalue weighted by Crippen LogP contribution is -2.20. The van der Waals surface area contributed by atoms with E-state index in [2.05, 4.69) is 0 Å². The van der Waals surface area contributed by atoms with Gasteiger partial charge in [-0.2, -0.15) is 18.4 Å². The molecular weight excluding hydrogens is 140 g/mol. The predicted octanol–water partition coefficient (Wildman–Crippen LogP) is 1.40. The van der Waals surface area contributed by atoms with Gasteiger partial charge in [-0.15, -0.1) is 0 Å². The molecule has 0 saturated heterocycles. The van der Waals surface area contributed by atoms with Crippen molar-refractivity contribution in [3.8, 4) is 6.07 Å².